The maximum atomic E-state index is 11.5. The van der Waals surface area contributed by atoms with Gasteiger partial charge in [0.25, 0.3) is 0 Å². The third kappa shape index (κ3) is 5.18. The molecule has 1 fully saturated rings. The Labute approximate surface area is 102 Å². The fourth-order valence-corrected chi connectivity index (χ4v) is 1.72. The fourth-order valence-electron chi connectivity index (χ4n) is 1.72. The van der Waals surface area contributed by atoms with Crippen molar-refractivity contribution >= 4 is 5.91 Å². The van der Waals surface area contributed by atoms with Crippen LogP contribution in [0.4, 0.5) is 0 Å². The van der Waals surface area contributed by atoms with Crippen LogP contribution in [-0.2, 0) is 14.3 Å². The molecule has 1 atom stereocenters. The maximum Gasteiger partial charge on any atom is 0.223 e. The average molecular weight is 241 g/mol. The Kier molecular flexibility index (Phi) is 6.63. The molecular weight excluding hydrogens is 222 g/mol. The van der Waals surface area contributed by atoms with Crippen LogP contribution in [-0.4, -0.2) is 62.0 Å². The molecule has 1 aliphatic rings. The normalized spacial score (nSPS) is 19.6. The second kappa shape index (κ2) is 8.07. The number of carbonyl (C=O) groups excluding carboxylic acids is 1. The number of aliphatic hydroxyl groups is 1. The van der Waals surface area contributed by atoms with Crippen molar-refractivity contribution in [1.82, 2.24) is 4.90 Å². The lowest BCUT2D eigenvalue weighted by atomic mass is 10.1. The highest BCUT2D eigenvalue weighted by molar-refractivity contribution is 5.78. The van der Waals surface area contributed by atoms with Crippen molar-refractivity contribution in [2.45, 2.75) is 6.42 Å². The van der Waals surface area contributed by atoms with E-state index in [0.29, 0.717) is 45.9 Å². The molecule has 0 spiro atoms. The number of ether oxygens (including phenoxy) is 2. The van der Waals surface area contributed by atoms with Crippen LogP contribution in [0.15, 0.2) is 0 Å². The lowest BCUT2D eigenvalue weighted by Crippen LogP contribution is -2.29. The lowest BCUT2D eigenvalue weighted by molar-refractivity contribution is -0.128. The highest BCUT2D eigenvalue weighted by Crippen LogP contribution is 2.16. The molecule has 0 radical (unpaired) electrons. The summed E-state index contributed by atoms with van der Waals surface area (Å²) in [5.74, 6) is 2.54. The van der Waals surface area contributed by atoms with E-state index in [1.165, 1.54) is 0 Å². The molecule has 0 aromatic rings. The molecule has 0 aromatic heterocycles. The van der Waals surface area contributed by atoms with Gasteiger partial charge in [0.1, 0.15) is 6.61 Å². The maximum absolute atomic E-state index is 11.5. The Morgan fingerprint density at radius 1 is 1.41 bits per heavy atom. The van der Waals surface area contributed by atoms with E-state index in [2.05, 4.69) is 5.92 Å². The highest BCUT2D eigenvalue weighted by atomic mass is 16.5. The summed E-state index contributed by atoms with van der Waals surface area (Å²) in [6.07, 6.45) is 5.46. The molecule has 1 saturated heterocycles. The monoisotopic (exact) mass is 241 g/mol. The number of rotatable bonds is 8. The number of likely N-dealkylation sites (tertiary alicyclic amines) is 1. The van der Waals surface area contributed by atoms with Gasteiger partial charge in [-0.05, 0) is 0 Å². The van der Waals surface area contributed by atoms with E-state index < -0.39 is 0 Å². The second-order valence-electron chi connectivity index (χ2n) is 3.96. The zero-order valence-electron chi connectivity index (χ0n) is 9.93. The van der Waals surface area contributed by atoms with E-state index in [0.717, 1.165) is 0 Å². The number of aliphatic hydroxyl groups excluding tert-OH is 1. The molecular formula is C12H19NO4. The smallest absolute Gasteiger partial charge is 0.223 e. The molecule has 1 rings (SSSR count). The Hall–Kier alpha value is -1.09. The molecule has 1 unspecified atom stereocenters. The van der Waals surface area contributed by atoms with Gasteiger partial charge in [0.05, 0.1) is 19.8 Å². The van der Waals surface area contributed by atoms with Crippen molar-refractivity contribution < 1.29 is 19.4 Å². The Balaban J connectivity index is 2.00. The van der Waals surface area contributed by atoms with E-state index in [-0.39, 0.29) is 18.4 Å². The van der Waals surface area contributed by atoms with Crippen LogP contribution in [0.25, 0.3) is 0 Å². The molecule has 1 N–H and O–H groups in total. The zero-order valence-corrected chi connectivity index (χ0v) is 9.93. The van der Waals surface area contributed by atoms with E-state index in [4.69, 9.17) is 21.0 Å². The summed E-state index contributed by atoms with van der Waals surface area (Å²) in [6, 6.07) is 0. The average Bonchev–Trinajstić information content (AvgIpc) is 2.69. The van der Waals surface area contributed by atoms with Gasteiger partial charge in [-0.15, -0.1) is 6.42 Å². The standard InChI is InChI=1S/C12H19NO4/c1-2-4-16-6-7-17-5-3-13-9-11(10-14)8-12(13)15/h1,11,14H,3-10H2. The van der Waals surface area contributed by atoms with Crippen molar-refractivity contribution in [3.8, 4) is 12.3 Å². The summed E-state index contributed by atoms with van der Waals surface area (Å²) < 4.78 is 10.3. The summed E-state index contributed by atoms with van der Waals surface area (Å²) in [6.45, 7) is 3.01. The van der Waals surface area contributed by atoms with E-state index >= 15 is 0 Å². The van der Waals surface area contributed by atoms with Gasteiger partial charge >= 0.3 is 0 Å². The first-order valence-electron chi connectivity index (χ1n) is 5.75. The van der Waals surface area contributed by atoms with Crippen molar-refractivity contribution in [3.05, 3.63) is 0 Å². The summed E-state index contributed by atoms with van der Waals surface area (Å²) in [5.41, 5.74) is 0. The number of terminal acetylenes is 1. The molecule has 0 bridgehead atoms. The van der Waals surface area contributed by atoms with Crippen LogP contribution >= 0.6 is 0 Å². The van der Waals surface area contributed by atoms with Gasteiger partial charge in [0.15, 0.2) is 0 Å². The third-order valence-electron chi connectivity index (χ3n) is 2.62. The number of carbonyl (C=O) groups is 1. The minimum absolute atomic E-state index is 0.0724. The quantitative estimate of drug-likeness (QED) is 0.459. The Bertz CT molecular complexity index is 274. The van der Waals surface area contributed by atoms with E-state index in [1.54, 1.807) is 4.90 Å². The lowest BCUT2D eigenvalue weighted by Gasteiger charge is -2.16. The number of amides is 1. The first-order valence-corrected chi connectivity index (χ1v) is 5.75. The van der Waals surface area contributed by atoms with Gasteiger partial charge in [-0.2, -0.15) is 0 Å². The molecule has 17 heavy (non-hydrogen) atoms. The molecule has 1 heterocycles. The van der Waals surface area contributed by atoms with Gasteiger partial charge in [0.2, 0.25) is 5.91 Å². The predicted octanol–water partition coefficient (Wildman–Crippen LogP) is -0.506. The molecule has 96 valence electrons. The summed E-state index contributed by atoms with van der Waals surface area (Å²) >= 11 is 0. The van der Waals surface area contributed by atoms with Gasteiger partial charge in [-0.25, -0.2) is 0 Å². The first-order chi connectivity index (χ1) is 8.27. The molecule has 5 heteroatoms. The van der Waals surface area contributed by atoms with Gasteiger partial charge < -0.3 is 19.5 Å². The Morgan fingerprint density at radius 2 is 2.18 bits per heavy atom. The van der Waals surface area contributed by atoms with Crippen LogP contribution in [0.3, 0.4) is 0 Å². The van der Waals surface area contributed by atoms with Gasteiger partial charge in [0, 0.05) is 32.0 Å². The molecule has 0 aliphatic carbocycles. The summed E-state index contributed by atoms with van der Waals surface area (Å²) in [5, 5.41) is 8.95. The van der Waals surface area contributed by atoms with Crippen molar-refractivity contribution in [2.24, 2.45) is 5.92 Å². The van der Waals surface area contributed by atoms with Crippen molar-refractivity contribution in [2.75, 3.05) is 46.1 Å². The van der Waals surface area contributed by atoms with Crippen LogP contribution in [0.1, 0.15) is 6.42 Å². The van der Waals surface area contributed by atoms with Crippen LogP contribution < -0.4 is 0 Å². The molecule has 5 nitrogen and oxygen atoms in total. The second-order valence-corrected chi connectivity index (χ2v) is 3.96. The minimum Gasteiger partial charge on any atom is -0.396 e. The van der Waals surface area contributed by atoms with Gasteiger partial charge in [-0.3, -0.25) is 4.79 Å². The fraction of sp³-hybridized carbons (Fsp3) is 0.750. The summed E-state index contributed by atoms with van der Waals surface area (Å²) in [7, 11) is 0. The van der Waals surface area contributed by atoms with E-state index in [9.17, 15) is 4.79 Å². The summed E-state index contributed by atoms with van der Waals surface area (Å²) in [4.78, 5) is 13.2. The first kappa shape index (κ1) is 14.0. The van der Waals surface area contributed by atoms with Crippen LogP contribution in [0.2, 0.25) is 0 Å². The van der Waals surface area contributed by atoms with Crippen molar-refractivity contribution in [3.63, 3.8) is 0 Å². The third-order valence-corrected chi connectivity index (χ3v) is 2.62. The number of hydrogen-bond donors (Lipinski definition) is 1. The van der Waals surface area contributed by atoms with Crippen LogP contribution in [0.5, 0.6) is 0 Å². The largest absolute Gasteiger partial charge is 0.396 e. The minimum atomic E-state index is 0.0724. The molecule has 1 amide bonds. The van der Waals surface area contributed by atoms with Gasteiger partial charge in [-0.1, -0.05) is 5.92 Å². The molecule has 0 saturated carbocycles. The van der Waals surface area contributed by atoms with Crippen molar-refractivity contribution in [1.29, 1.82) is 0 Å². The molecule has 0 aromatic carbocycles. The predicted molar refractivity (Wildman–Crippen MR) is 62.2 cm³/mol. The highest BCUT2D eigenvalue weighted by Gasteiger charge is 2.28. The Morgan fingerprint density at radius 3 is 2.82 bits per heavy atom. The number of hydrogen-bond acceptors (Lipinski definition) is 4. The zero-order chi connectivity index (χ0) is 12.5. The number of nitrogens with zero attached hydrogens (tertiary/aromatic N) is 1. The topological polar surface area (TPSA) is 59.0 Å². The van der Waals surface area contributed by atoms with E-state index in [1.807, 2.05) is 0 Å². The molecule has 1 aliphatic heterocycles. The SMILES string of the molecule is C#CCOCCOCCN1CC(CO)CC1=O. The van der Waals surface area contributed by atoms with Crippen LogP contribution in [0, 0.1) is 18.3 Å².